The van der Waals surface area contributed by atoms with E-state index in [0.717, 1.165) is 19.3 Å². The van der Waals surface area contributed by atoms with E-state index in [9.17, 15) is 18.0 Å². The Labute approximate surface area is 174 Å². The number of rotatable bonds is 7. The minimum absolute atomic E-state index is 0.257. The number of carbonyl (C=O) groups is 1. The number of carbonyl (C=O) groups excluding carboxylic acids is 1. The molecular weight excluding hydrogens is 461 g/mol. The molecule has 28 heavy (non-hydrogen) atoms. The lowest BCUT2D eigenvalue weighted by molar-refractivity contribution is -0.118. The molecule has 10 heteroatoms. The second kappa shape index (κ2) is 9.47. The van der Waals surface area contributed by atoms with Crippen LogP contribution in [0.4, 0.5) is 18.9 Å². The molecule has 0 heterocycles. The van der Waals surface area contributed by atoms with E-state index >= 15 is 0 Å². The van der Waals surface area contributed by atoms with Gasteiger partial charge in [0, 0.05) is 17.2 Å². The number of amides is 1. The fraction of sp³-hybridized carbons (Fsp3) is 0.333. The number of anilines is 1. The second-order valence-electron chi connectivity index (χ2n) is 6.24. The summed E-state index contributed by atoms with van der Waals surface area (Å²) in [5.41, 5.74) is 3.42. The van der Waals surface area contributed by atoms with Gasteiger partial charge in [0.25, 0.3) is 5.91 Å². The van der Waals surface area contributed by atoms with Crippen molar-refractivity contribution in [3.8, 4) is 0 Å². The van der Waals surface area contributed by atoms with E-state index in [4.69, 9.17) is 17.3 Å². The standard InChI is InChI=1S/C18H19BrClF3N4O/c1-10(26-15-6-5-12(19)7-14(15)20)27-16(18(21,22)23)13(8-24)17(28)25-9-11-3-2-4-11/h5-8,11,26H,1-4,9,24H2,(H,25,28)/b13-8+,27-16+. The van der Waals surface area contributed by atoms with Crippen LogP contribution < -0.4 is 16.4 Å². The van der Waals surface area contributed by atoms with Crippen LogP contribution in [0.15, 0.2) is 51.8 Å². The molecule has 1 aromatic rings. The number of aliphatic imine (C=N–C) groups is 1. The van der Waals surface area contributed by atoms with E-state index in [1.807, 2.05) is 0 Å². The Kier molecular flexibility index (Phi) is 7.54. The maximum atomic E-state index is 13.5. The lowest BCUT2D eigenvalue weighted by Gasteiger charge is -2.25. The highest BCUT2D eigenvalue weighted by Gasteiger charge is 2.40. The number of halogens is 5. The highest BCUT2D eigenvalue weighted by Crippen LogP contribution is 2.29. The van der Waals surface area contributed by atoms with Crippen LogP contribution in [0.1, 0.15) is 19.3 Å². The van der Waals surface area contributed by atoms with Gasteiger partial charge in [-0.2, -0.15) is 13.2 Å². The summed E-state index contributed by atoms with van der Waals surface area (Å²) in [6.07, 6.45) is -1.37. The largest absolute Gasteiger partial charge is 0.434 e. The Bertz CT molecular complexity index is 820. The summed E-state index contributed by atoms with van der Waals surface area (Å²) in [5.74, 6) is -0.993. The fourth-order valence-electron chi connectivity index (χ4n) is 2.48. The fourth-order valence-corrected chi connectivity index (χ4v) is 3.20. The number of alkyl halides is 3. The SMILES string of the molecule is C=C(/N=C(\C(=C/N)C(=O)NCC1CCC1)C(F)(F)F)Nc1ccc(Br)cc1Cl. The van der Waals surface area contributed by atoms with Gasteiger partial charge in [-0.3, -0.25) is 4.79 Å². The van der Waals surface area contributed by atoms with Gasteiger partial charge in [0.15, 0.2) is 5.71 Å². The average molecular weight is 480 g/mol. The molecule has 0 bridgehead atoms. The van der Waals surface area contributed by atoms with Gasteiger partial charge in [0.2, 0.25) is 0 Å². The van der Waals surface area contributed by atoms with Crippen molar-refractivity contribution < 1.29 is 18.0 Å². The van der Waals surface area contributed by atoms with E-state index < -0.39 is 23.4 Å². The van der Waals surface area contributed by atoms with Gasteiger partial charge in [0.1, 0.15) is 5.82 Å². The van der Waals surface area contributed by atoms with Crippen molar-refractivity contribution in [2.24, 2.45) is 16.6 Å². The maximum Gasteiger partial charge on any atom is 0.434 e. The van der Waals surface area contributed by atoms with Gasteiger partial charge >= 0.3 is 6.18 Å². The minimum atomic E-state index is -4.91. The number of benzene rings is 1. The number of nitrogens with zero attached hydrogens (tertiary/aromatic N) is 1. The van der Waals surface area contributed by atoms with Crippen LogP contribution in [-0.2, 0) is 4.79 Å². The van der Waals surface area contributed by atoms with E-state index in [0.29, 0.717) is 22.9 Å². The van der Waals surface area contributed by atoms with Crippen LogP contribution in [0, 0.1) is 5.92 Å². The van der Waals surface area contributed by atoms with Crippen molar-refractivity contribution in [3.63, 3.8) is 0 Å². The maximum absolute atomic E-state index is 13.5. The van der Waals surface area contributed by atoms with Crippen molar-refractivity contribution >= 4 is 44.8 Å². The zero-order valence-corrected chi connectivity index (χ0v) is 17.1. The molecule has 5 nitrogen and oxygen atoms in total. The summed E-state index contributed by atoms with van der Waals surface area (Å²) in [6, 6.07) is 4.76. The Morgan fingerprint density at radius 1 is 1.43 bits per heavy atom. The normalized spacial score (nSPS) is 15.8. The van der Waals surface area contributed by atoms with Crippen molar-refractivity contribution in [1.82, 2.24) is 5.32 Å². The molecule has 1 aliphatic carbocycles. The molecule has 0 spiro atoms. The zero-order chi connectivity index (χ0) is 20.9. The predicted molar refractivity (Wildman–Crippen MR) is 108 cm³/mol. The smallest absolute Gasteiger partial charge is 0.404 e. The molecule has 2 rings (SSSR count). The highest BCUT2D eigenvalue weighted by atomic mass is 79.9. The molecular formula is C18H19BrClF3N4O. The van der Waals surface area contributed by atoms with Crippen LogP contribution in [0.2, 0.25) is 5.02 Å². The first-order chi connectivity index (χ1) is 13.1. The molecule has 0 aliphatic heterocycles. The summed E-state index contributed by atoms with van der Waals surface area (Å²) in [5, 5.41) is 5.33. The van der Waals surface area contributed by atoms with Crippen LogP contribution in [0.25, 0.3) is 0 Å². The number of nitrogens with one attached hydrogen (secondary N) is 2. The first-order valence-corrected chi connectivity index (χ1v) is 9.56. The van der Waals surface area contributed by atoms with Crippen LogP contribution in [0.5, 0.6) is 0 Å². The molecule has 1 amide bonds. The van der Waals surface area contributed by atoms with Gasteiger partial charge in [-0.05, 0) is 37.0 Å². The average Bonchev–Trinajstić information content (AvgIpc) is 2.55. The highest BCUT2D eigenvalue weighted by molar-refractivity contribution is 9.10. The molecule has 0 radical (unpaired) electrons. The van der Waals surface area contributed by atoms with E-state index in [-0.39, 0.29) is 16.8 Å². The van der Waals surface area contributed by atoms with Crippen molar-refractivity contribution in [1.29, 1.82) is 0 Å². The zero-order valence-electron chi connectivity index (χ0n) is 14.7. The molecule has 1 saturated carbocycles. The molecule has 0 atom stereocenters. The first kappa shape index (κ1) is 22.3. The third-order valence-electron chi connectivity index (χ3n) is 4.17. The van der Waals surface area contributed by atoms with E-state index in [1.165, 1.54) is 0 Å². The van der Waals surface area contributed by atoms with Crippen molar-refractivity contribution in [3.05, 3.63) is 51.9 Å². The number of nitrogens with two attached hydrogens (primary N) is 1. The summed E-state index contributed by atoms with van der Waals surface area (Å²) in [7, 11) is 0. The van der Waals surface area contributed by atoms with Gasteiger partial charge in [0.05, 0.1) is 16.3 Å². The van der Waals surface area contributed by atoms with E-state index in [2.05, 4.69) is 38.1 Å². The van der Waals surface area contributed by atoms with E-state index in [1.54, 1.807) is 18.2 Å². The Morgan fingerprint density at radius 3 is 2.61 bits per heavy atom. The van der Waals surface area contributed by atoms with Gasteiger partial charge in [-0.1, -0.05) is 40.5 Å². The molecule has 1 aliphatic rings. The van der Waals surface area contributed by atoms with Crippen LogP contribution >= 0.6 is 27.5 Å². The third-order valence-corrected chi connectivity index (χ3v) is 4.97. The topological polar surface area (TPSA) is 79.5 Å². The Hall–Kier alpha value is -2.00. The van der Waals surface area contributed by atoms with Crippen LogP contribution in [-0.4, -0.2) is 24.3 Å². The third kappa shape index (κ3) is 6.00. The summed E-state index contributed by atoms with van der Waals surface area (Å²) >= 11 is 9.26. The molecule has 1 aromatic carbocycles. The first-order valence-electron chi connectivity index (χ1n) is 8.39. The Balaban J connectivity index is 2.20. The predicted octanol–water partition coefficient (Wildman–Crippen LogP) is 4.75. The van der Waals surface area contributed by atoms with Gasteiger partial charge in [-0.15, -0.1) is 0 Å². The van der Waals surface area contributed by atoms with Crippen LogP contribution in [0.3, 0.4) is 0 Å². The van der Waals surface area contributed by atoms with Crippen molar-refractivity contribution in [2.75, 3.05) is 11.9 Å². The van der Waals surface area contributed by atoms with Crippen molar-refractivity contribution in [2.45, 2.75) is 25.4 Å². The molecule has 4 N–H and O–H groups in total. The van der Waals surface area contributed by atoms with Gasteiger partial charge in [-0.25, -0.2) is 4.99 Å². The summed E-state index contributed by atoms with van der Waals surface area (Å²) < 4.78 is 41.2. The molecule has 0 unspecified atom stereocenters. The van der Waals surface area contributed by atoms with Gasteiger partial charge < -0.3 is 16.4 Å². The number of hydrogen-bond acceptors (Lipinski definition) is 4. The number of hydrogen-bond donors (Lipinski definition) is 3. The second-order valence-corrected chi connectivity index (χ2v) is 7.56. The summed E-state index contributed by atoms with van der Waals surface area (Å²) in [6.45, 7) is 3.77. The molecule has 0 saturated heterocycles. The molecule has 152 valence electrons. The quantitative estimate of drug-likeness (QED) is 0.390. The molecule has 0 aromatic heterocycles. The Morgan fingerprint density at radius 2 is 2.11 bits per heavy atom. The minimum Gasteiger partial charge on any atom is -0.404 e. The monoisotopic (exact) mass is 478 g/mol. The molecule has 1 fully saturated rings. The lowest BCUT2D eigenvalue weighted by atomic mass is 9.85. The lowest BCUT2D eigenvalue weighted by Crippen LogP contribution is -2.38. The summed E-state index contributed by atoms with van der Waals surface area (Å²) in [4.78, 5) is 15.7.